The third-order valence-electron chi connectivity index (χ3n) is 2.70. The largest absolute Gasteiger partial charge is 0.507 e. The zero-order chi connectivity index (χ0) is 14.9. The van der Waals surface area contributed by atoms with Gasteiger partial charge in [-0.05, 0) is 23.8 Å². The van der Waals surface area contributed by atoms with E-state index in [4.69, 9.17) is 16.7 Å². The molecule has 0 bridgehead atoms. The van der Waals surface area contributed by atoms with E-state index in [0.717, 1.165) is 6.07 Å². The number of hydrogen-bond donors (Lipinski definition) is 2. The van der Waals surface area contributed by atoms with Crippen LogP contribution in [0.3, 0.4) is 0 Å². The summed E-state index contributed by atoms with van der Waals surface area (Å²) in [7, 11) is 0. The highest BCUT2D eigenvalue weighted by atomic mass is 35.5. The Bertz CT molecular complexity index is 697. The van der Waals surface area contributed by atoms with Gasteiger partial charge in [-0.2, -0.15) is 0 Å². The highest BCUT2D eigenvalue weighted by Crippen LogP contribution is 2.37. The van der Waals surface area contributed by atoms with E-state index in [-0.39, 0.29) is 21.9 Å². The summed E-state index contributed by atoms with van der Waals surface area (Å²) in [5.41, 5.74) is 0.498. The summed E-state index contributed by atoms with van der Waals surface area (Å²) in [6.45, 7) is 0. The molecule has 0 unspecified atom stereocenters. The van der Waals surface area contributed by atoms with Crippen molar-refractivity contribution in [2.24, 2.45) is 0 Å². The molecule has 0 saturated heterocycles. The average Bonchev–Trinajstić information content (AvgIpc) is 2.40. The van der Waals surface area contributed by atoms with Crippen molar-refractivity contribution in [3.63, 3.8) is 0 Å². The van der Waals surface area contributed by atoms with Crippen LogP contribution >= 0.6 is 11.6 Å². The molecular formula is C13H8ClNO5. The zero-order valence-electron chi connectivity index (χ0n) is 9.91. The number of carboxylic acids is 1. The molecule has 0 spiro atoms. The number of phenols is 1. The van der Waals surface area contributed by atoms with Gasteiger partial charge in [0.2, 0.25) is 0 Å². The molecule has 0 fully saturated rings. The predicted molar refractivity (Wildman–Crippen MR) is 72.2 cm³/mol. The second kappa shape index (κ2) is 5.18. The molecule has 7 heteroatoms. The summed E-state index contributed by atoms with van der Waals surface area (Å²) in [5, 5.41) is 29.2. The van der Waals surface area contributed by atoms with E-state index in [9.17, 15) is 20.0 Å². The summed E-state index contributed by atoms with van der Waals surface area (Å²) in [4.78, 5) is 20.7. The van der Waals surface area contributed by atoms with E-state index in [1.54, 1.807) is 0 Å². The topological polar surface area (TPSA) is 101 Å². The number of carboxylic acid groups (broad SMARTS) is 1. The fourth-order valence-electron chi connectivity index (χ4n) is 1.71. The summed E-state index contributed by atoms with van der Waals surface area (Å²) in [6.07, 6.45) is 0. The lowest BCUT2D eigenvalue weighted by Gasteiger charge is -2.06. The quantitative estimate of drug-likeness (QED) is 0.668. The Balaban J connectivity index is 2.50. The van der Waals surface area contributed by atoms with E-state index in [1.165, 1.54) is 30.3 Å². The number of nitro benzene ring substituents is 1. The lowest BCUT2D eigenvalue weighted by atomic mass is 10.0. The van der Waals surface area contributed by atoms with Crippen LogP contribution in [0.1, 0.15) is 10.4 Å². The first-order chi connectivity index (χ1) is 9.40. The van der Waals surface area contributed by atoms with Gasteiger partial charge in [0.05, 0.1) is 16.6 Å². The van der Waals surface area contributed by atoms with Gasteiger partial charge in [0.25, 0.3) is 5.69 Å². The monoisotopic (exact) mass is 293 g/mol. The number of phenolic OH excluding ortho intramolecular Hbond substituents is 1. The van der Waals surface area contributed by atoms with Crippen molar-refractivity contribution in [3.8, 4) is 16.9 Å². The molecule has 102 valence electrons. The second-order valence-electron chi connectivity index (χ2n) is 3.96. The minimum atomic E-state index is -1.07. The molecule has 0 aliphatic heterocycles. The Morgan fingerprint density at radius 1 is 1.20 bits per heavy atom. The number of halogens is 1. The van der Waals surface area contributed by atoms with Gasteiger partial charge < -0.3 is 10.2 Å². The zero-order valence-corrected chi connectivity index (χ0v) is 10.7. The lowest BCUT2D eigenvalue weighted by molar-refractivity contribution is -0.384. The van der Waals surface area contributed by atoms with Crippen LogP contribution in [-0.2, 0) is 0 Å². The maximum Gasteiger partial charge on any atom is 0.335 e. The number of rotatable bonds is 3. The first-order valence-corrected chi connectivity index (χ1v) is 5.78. The van der Waals surface area contributed by atoms with Crippen LogP contribution in [0.25, 0.3) is 11.1 Å². The van der Waals surface area contributed by atoms with Gasteiger partial charge in [-0.15, -0.1) is 0 Å². The smallest absolute Gasteiger partial charge is 0.335 e. The second-order valence-corrected chi connectivity index (χ2v) is 4.37. The number of hydrogen-bond acceptors (Lipinski definition) is 4. The molecule has 2 N–H and O–H groups in total. The minimum Gasteiger partial charge on any atom is -0.507 e. The summed E-state index contributed by atoms with van der Waals surface area (Å²) in [5.74, 6) is -1.37. The van der Waals surface area contributed by atoms with Crippen molar-refractivity contribution in [1.82, 2.24) is 0 Å². The summed E-state index contributed by atoms with van der Waals surface area (Å²) in [6, 6.07) is 7.94. The molecule has 20 heavy (non-hydrogen) atoms. The number of benzene rings is 2. The first-order valence-electron chi connectivity index (χ1n) is 5.41. The van der Waals surface area contributed by atoms with Gasteiger partial charge >= 0.3 is 5.97 Å². The van der Waals surface area contributed by atoms with Crippen molar-refractivity contribution in [2.45, 2.75) is 0 Å². The van der Waals surface area contributed by atoms with E-state index in [1.807, 2.05) is 0 Å². The van der Waals surface area contributed by atoms with Gasteiger partial charge in [-0.1, -0.05) is 23.7 Å². The molecule has 0 radical (unpaired) electrons. The van der Waals surface area contributed by atoms with Gasteiger partial charge in [0, 0.05) is 5.56 Å². The van der Waals surface area contributed by atoms with Gasteiger partial charge in [-0.25, -0.2) is 4.79 Å². The molecule has 0 amide bonds. The average molecular weight is 294 g/mol. The third kappa shape index (κ3) is 2.55. The normalized spacial score (nSPS) is 10.2. The molecule has 2 aromatic carbocycles. The van der Waals surface area contributed by atoms with Crippen molar-refractivity contribution >= 4 is 23.3 Å². The Hall–Kier alpha value is -2.60. The standard InChI is InChI=1S/C13H8ClNO5/c14-10-5-9(12(16)6-11(10)15(19)20)7-1-3-8(4-2-7)13(17)18/h1-6,16H,(H,17,18). The Labute approximate surface area is 118 Å². The maximum absolute atomic E-state index is 10.7. The number of aromatic hydroxyl groups is 1. The van der Waals surface area contributed by atoms with Crippen molar-refractivity contribution in [3.05, 3.63) is 57.1 Å². The molecule has 0 aromatic heterocycles. The predicted octanol–water partition coefficient (Wildman–Crippen LogP) is 3.32. The molecule has 2 aromatic rings. The van der Waals surface area contributed by atoms with E-state index < -0.39 is 16.6 Å². The highest BCUT2D eigenvalue weighted by Gasteiger charge is 2.17. The lowest BCUT2D eigenvalue weighted by Crippen LogP contribution is -1.95. The van der Waals surface area contributed by atoms with Crippen molar-refractivity contribution in [1.29, 1.82) is 0 Å². The van der Waals surface area contributed by atoms with Crippen LogP contribution < -0.4 is 0 Å². The molecular weight excluding hydrogens is 286 g/mol. The number of aromatic carboxylic acids is 1. The van der Waals surface area contributed by atoms with Gasteiger partial charge in [0.15, 0.2) is 0 Å². The molecule has 0 heterocycles. The van der Waals surface area contributed by atoms with Gasteiger partial charge in [0.1, 0.15) is 10.8 Å². The molecule has 0 aliphatic rings. The molecule has 0 saturated carbocycles. The maximum atomic E-state index is 10.7. The Kier molecular flexibility index (Phi) is 3.58. The van der Waals surface area contributed by atoms with Crippen LogP contribution in [0.4, 0.5) is 5.69 Å². The SMILES string of the molecule is O=C(O)c1ccc(-c2cc(Cl)c([N+](=O)[O-])cc2O)cc1. The van der Waals surface area contributed by atoms with Crippen LogP contribution in [0.5, 0.6) is 5.75 Å². The van der Waals surface area contributed by atoms with E-state index in [2.05, 4.69) is 0 Å². The molecule has 0 atom stereocenters. The number of nitro groups is 1. The highest BCUT2D eigenvalue weighted by molar-refractivity contribution is 6.33. The van der Waals surface area contributed by atoms with Crippen LogP contribution in [0.2, 0.25) is 5.02 Å². The number of nitrogens with zero attached hydrogens (tertiary/aromatic N) is 1. The molecule has 6 nitrogen and oxygen atoms in total. The summed E-state index contributed by atoms with van der Waals surface area (Å²) < 4.78 is 0. The van der Waals surface area contributed by atoms with E-state index >= 15 is 0 Å². The Morgan fingerprint density at radius 2 is 1.80 bits per heavy atom. The summed E-state index contributed by atoms with van der Waals surface area (Å²) >= 11 is 5.78. The molecule has 2 rings (SSSR count). The van der Waals surface area contributed by atoms with E-state index in [0.29, 0.717) is 5.56 Å². The van der Waals surface area contributed by atoms with Crippen LogP contribution in [-0.4, -0.2) is 21.1 Å². The Morgan fingerprint density at radius 3 is 2.30 bits per heavy atom. The van der Waals surface area contributed by atoms with Crippen molar-refractivity contribution < 1.29 is 19.9 Å². The van der Waals surface area contributed by atoms with Crippen LogP contribution in [0, 0.1) is 10.1 Å². The third-order valence-corrected chi connectivity index (χ3v) is 3.01. The fraction of sp³-hybridized carbons (Fsp3) is 0. The molecule has 0 aliphatic carbocycles. The van der Waals surface area contributed by atoms with Crippen molar-refractivity contribution in [2.75, 3.05) is 0 Å². The van der Waals surface area contributed by atoms with Gasteiger partial charge in [-0.3, -0.25) is 10.1 Å². The first kappa shape index (κ1) is 13.8. The minimum absolute atomic E-state index is 0.0984. The number of carbonyl (C=O) groups is 1. The fourth-order valence-corrected chi connectivity index (χ4v) is 1.95. The van der Waals surface area contributed by atoms with Crippen LogP contribution in [0.15, 0.2) is 36.4 Å².